The minimum Gasteiger partial charge on any atom is -0.480 e. The highest BCUT2D eigenvalue weighted by molar-refractivity contribution is 5.81. The van der Waals surface area contributed by atoms with E-state index in [1.54, 1.807) is 0 Å². The van der Waals surface area contributed by atoms with Gasteiger partial charge in [0.1, 0.15) is 12.6 Å². The SMILES string of the molecule is CC1=CC(C)CC(C(C(=O)O)N(C(=O)OCc2ccccc2)C2CC2)C1. The summed E-state index contributed by atoms with van der Waals surface area (Å²) in [6, 6.07) is 8.63. The Morgan fingerprint density at radius 2 is 1.96 bits per heavy atom. The maximum absolute atomic E-state index is 12.8. The molecule has 26 heavy (non-hydrogen) atoms. The van der Waals surface area contributed by atoms with Crippen molar-refractivity contribution in [2.24, 2.45) is 11.8 Å². The molecule has 0 radical (unpaired) electrons. The fourth-order valence-corrected chi connectivity index (χ4v) is 4.02. The molecule has 3 unspecified atom stereocenters. The molecule has 5 heteroatoms. The largest absolute Gasteiger partial charge is 0.480 e. The monoisotopic (exact) mass is 357 g/mol. The zero-order valence-corrected chi connectivity index (χ0v) is 15.4. The van der Waals surface area contributed by atoms with Gasteiger partial charge in [-0.05, 0) is 50.0 Å². The van der Waals surface area contributed by atoms with Gasteiger partial charge in [-0.15, -0.1) is 0 Å². The molecule has 2 aliphatic carbocycles. The van der Waals surface area contributed by atoms with Crippen molar-refractivity contribution in [3.63, 3.8) is 0 Å². The second-order valence-corrected chi connectivity index (χ2v) is 7.65. The van der Waals surface area contributed by atoms with Crippen molar-refractivity contribution in [3.05, 3.63) is 47.5 Å². The molecule has 0 bridgehead atoms. The Morgan fingerprint density at radius 1 is 1.27 bits per heavy atom. The van der Waals surface area contributed by atoms with Crippen LogP contribution in [0.3, 0.4) is 0 Å². The third-order valence-electron chi connectivity index (χ3n) is 5.18. The first-order chi connectivity index (χ1) is 12.5. The van der Waals surface area contributed by atoms with Crippen molar-refractivity contribution in [1.82, 2.24) is 4.90 Å². The Bertz CT molecular complexity index is 681. The summed E-state index contributed by atoms with van der Waals surface area (Å²) in [6.07, 6.45) is 4.89. The molecule has 0 spiro atoms. The standard InChI is InChI=1S/C21H27NO4/c1-14-10-15(2)12-17(11-14)19(20(23)24)22(18-8-9-18)21(25)26-13-16-6-4-3-5-7-16/h3-7,10,14,17-19H,8-9,11-13H2,1-2H3,(H,23,24). The summed E-state index contributed by atoms with van der Waals surface area (Å²) in [5, 5.41) is 9.91. The molecule has 1 saturated carbocycles. The van der Waals surface area contributed by atoms with Crippen molar-refractivity contribution in [1.29, 1.82) is 0 Å². The summed E-state index contributed by atoms with van der Waals surface area (Å²) < 4.78 is 5.48. The topological polar surface area (TPSA) is 66.8 Å². The van der Waals surface area contributed by atoms with E-state index in [2.05, 4.69) is 13.0 Å². The average Bonchev–Trinajstić information content (AvgIpc) is 3.41. The van der Waals surface area contributed by atoms with Crippen LogP contribution in [0.2, 0.25) is 0 Å². The highest BCUT2D eigenvalue weighted by Gasteiger charge is 2.45. The van der Waals surface area contributed by atoms with Crippen LogP contribution in [0.25, 0.3) is 0 Å². The minimum absolute atomic E-state index is 0.0131. The van der Waals surface area contributed by atoms with E-state index in [1.807, 2.05) is 37.3 Å². The molecule has 1 amide bonds. The van der Waals surface area contributed by atoms with Crippen LogP contribution in [0.15, 0.2) is 42.0 Å². The van der Waals surface area contributed by atoms with E-state index in [4.69, 9.17) is 4.74 Å². The van der Waals surface area contributed by atoms with Crippen LogP contribution in [-0.4, -0.2) is 34.2 Å². The van der Waals surface area contributed by atoms with E-state index < -0.39 is 18.1 Å². The van der Waals surface area contributed by atoms with Crippen LogP contribution in [0.5, 0.6) is 0 Å². The van der Waals surface area contributed by atoms with Crippen molar-refractivity contribution in [3.8, 4) is 0 Å². The summed E-state index contributed by atoms with van der Waals surface area (Å²) in [7, 11) is 0. The van der Waals surface area contributed by atoms with Crippen molar-refractivity contribution in [2.75, 3.05) is 0 Å². The average molecular weight is 357 g/mol. The Morgan fingerprint density at radius 3 is 2.54 bits per heavy atom. The van der Waals surface area contributed by atoms with Crippen molar-refractivity contribution >= 4 is 12.1 Å². The molecule has 1 aromatic rings. The van der Waals surface area contributed by atoms with Gasteiger partial charge in [0, 0.05) is 6.04 Å². The number of carboxylic acid groups (broad SMARTS) is 1. The maximum Gasteiger partial charge on any atom is 0.411 e. The maximum atomic E-state index is 12.8. The van der Waals surface area contributed by atoms with Gasteiger partial charge in [-0.25, -0.2) is 9.59 Å². The molecule has 1 fully saturated rings. The van der Waals surface area contributed by atoms with Gasteiger partial charge in [-0.2, -0.15) is 0 Å². The van der Waals surface area contributed by atoms with Gasteiger partial charge in [0.2, 0.25) is 0 Å². The fourth-order valence-electron chi connectivity index (χ4n) is 4.02. The third kappa shape index (κ3) is 4.45. The van der Waals surface area contributed by atoms with Gasteiger partial charge in [0.15, 0.2) is 0 Å². The number of ether oxygens (including phenoxy) is 1. The van der Waals surface area contributed by atoms with Gasteiger partial charge in [-0.3, -0.25) is 4.90 Å². The number of benzene rings is 1. The van der Waals surface area contributed by atoms with E-state index in [0.29, 0.717) is 5.92 Å². The van der Waals surface area contributed by atoms with E-state index in [1.165, 1.54) is 10.5 Å². The van der Waals surface area contributed by atoms with Crippen LogP contribution in [0, 0.1) is 11.8 Å². The molecule has 3 rings (SSSR count). The first-order valence-corrected chi connectivity index (χ1v) is 9.35. The quantitative estimate of drug-likeness (QED) is 0.774. The van der Waals surface area contributed by atoms with Gasteiger partial charge in [0.25, 0.3) is 0 Å². The predicted molar refractivity (Wildman–Crippen MR) is 98.6 cm³/mol. The molecule has 1 aromatic carbocycles. The van der Waals surface area contributed by atoms with Gasteiger partial charge < -0.3 is 9.84 Å². The first kappa shape index (κ1) is 18.5. The molecule has 5 nitrogen and oxygen atoms in total. The molecule has 0 heterocycles. The van der Waals surface area contributed by atoms with Gasteiger partial charge >= 0.3 is 12.1 Å². The zero-order valence-electron chi connectivity index (χ0n) is 15.4. The molecule has 0 aliphatic heterocycles. The molecule has 140 valence electrons. The van der Waals surface area contributed by atoms with E-state index in [9.17, 15) is 14.7 Å². The number of hydrogen-bond acceptors (Lipinski definition) is 3. The number of rotatable bonds is 6. The summed E-state index contributed by atoms with van der Waals surface area (Å²) in [6.45, 7) is 4.30. The molecule has 0 saturated heterocycles. The molecule has 0 aromatic heterocycles. The number of carboxylic acids is 1. The lowest BCUT2D eigenvalue weighted by Crippen LogP contribution is -2.51. The number of nitrogens with zero attached hydrogens (tertiary/aromatic N) is 1. The lowest BCUT2D eigenvalue weighted by Gasteiger charge is -2.36. The van der Waals surface area contributed by atoms with Gasteiger partial charge in [0.05, 0.1) is 0 Å². The third-order valence-corrected chi connectivity index (χ3v) is 5.18. The van der Waals surface area contributed by atoms with Gasteiger partial charge in [-0.1, -0.05) is 48.9 Å². The zero-order chi connectivity index (χ0) is 18.7. The lowest BCUT2D eigenvalue weighted by atomic mass is 9.79. The number of hydrogen-bond donors (Lipinski definition) is 1. The molecule has 3 atom stereocenters. The van der Waals surface area contributed by atoms with Crippen LogP contribution in [0.4, 0.5) is 4.79 Å². The van der Waals surface area contributed by atoms with Crippen LogP contribution >= 0.6 is 0 Å². The van der Waals surface area contributed by atoms with E-state index in [-0.39, 0.29) is 18.6 Å². The summed E-state index contributed by atoms with van der Waals surface area (Å²) in [5.41, 5.74) is 2.10. The highest BCUT2D eigenvalue weighted by Crippen LogP contribution is 2.37. The van der Waals surface area contributed by atoms with Crippen LogP contribution < -0.4 is 0 Å². The number of carbonyl (C=O) groups is 2. The minimum atomic E-state index is -0.930. The van der Waals surface area contributed by atoms with Crippen molar-refractivity contribution in [2.45, 2.75) is 58.2 Å². The highest BCUT2D eigenvalue weighted by atomic mass is 16.6. The molecular formula is C21H27NO4. The number of aliphatic carboxylic acids is 1. The number of allylic oxidation sites excluding steroid dienone is 2. The Kier molecular flexibility index (Phi) is 5.64. The smallest absolute Gasteiger partial charge is 0.411 e. The summed E-state index contributed by atoms with van der Waals surface area (Å²) >= 11 is 0. The Balaban J connectivity index is 1.74. The summed E-state index contributed by atoms with van der Waals surface area (Å²) in [4.78, 5) is 26.4. The second-order valence-electron chi connectivity index (χ2n) is 7.65. The van der Waals surface area contributed by atoms with E-state index >= 15 is 0 Å². The first-order valence-electron chi connectivity index (χ1n) is 9.35. The van der Waals surface area contributed by atoms with E-state index in [0.717, 1.165) is 31.2 Å². The van der Waals surface area contributed by atoms with Crippen LogP contribution in [-0.2, 0) is 16.1 Å². The molecule has 1 N–H and O–H groups in total. The molecule has 2 aliphatic rings. The Labute approximate surface area is 154 Å². The second kappa shape index (κ2) is 7.94. The summed E-state index contributed by atoms with van der Waals surface area (Å²) in [5.74, 6) is -0.671. The lowest BCUT2D eigenvalue weighted by molar-refractivity contribution is -0.145. The Hall–Kier alpha value is -2.30. The number of carbonyl (C=O) groups excluding carboxylic acids is 1. The molecular weight excluding hydrogens is 330 g/mol. The predicted octanol–water partition coefficient (Wildman–Crippen LogP) is 4.23. The number of amides is 1. The van der Waals surface area contributed by atoms with Crippen molar-refractivity contribution < 1.29 is 19.4 Å². The normalized spacial score (nSPS) is 23.7. The fraction of sp³-hybridized carbons (Fsp3) is 0.524. The van der Waals surface area contributed by atoms with Crippen LogP contribution in [0.1, 0.15) is 45.1 Å².